The Labute approximate surface area is 143 Å². The highest BCUT2D eigenvalue weighted by Crippen LogP contribution is 2.45. The molecule has 2 aromatic heterocycles. The topological polar surface area (TPSA) is 68.9 Å². The summed E-state index contributed by atoms with van der Waals surface area (Å²) >= 11 is 5.48. The Balaban J connectivity index is 1.76. The second-order valence-corrected chi connectivity index (χ2v) is 6.26. The van der Waals surface area contributed by atoms with Crippen molar-refractivity contribution >= 4 is 16.8 Å². The minimum atomic E-state index is -0.501. The number of halogens is 1. The van der Waals surface area contributed by atoms with Gasteiger partial charge < -0.3 is 4.52 Å². The van der Waals surface area contributed by atoms with E-state index in [1.807, 2.05) is 18.2 Å². The van der Waals surface area contributed by atoms with Gasteiger partial charge in [-0.05, 0) is 54.1 Å². The third-order valence-electron chi connectivity index (χ3n) is 4.12. The smallest absolute Gasteiger partial charge is 0.253 e. The van der Waals surface area contributed by atoms with E-state index in [1.165, 1.54) is 24.6 Å². The SMILES string of the molecule is Cc1nc(-c2ccc(-c3ccc(C(=O)Cl)cn3)c(C3CC3)c2)no1. The van der Waals surface area contributed by atoms with Crippen LogP contribution >= 0.6 is 11.6 Å². The molecule has 0 N–H and O–H groups in total. The number of hydrogen-bond acceptors (Lipinski definition) is 5. The zero-order valence-electron chi connectivity index (χ0n) is 13.0. The number of aromatic nitrogens is 3. The summed E-state index contributed by atoms with van der Waals surface area (Å²) in [5, 5.41) is 3.49. The predicted octanol–water partition coefficient (Wildman–Crippen LogP) is 4.36. The van der Waals surface area contributed by atoms with E-state index >= 15 is 0 Å². The molecule has 120 valence electrons. The van der Waals surface area contributed by atoms with Crippen molar-refractivity contribution < 1.29 is 9.32 Å². The largest absolute Gasteiger partial charge is 0.339 e. The van der Waals surface area contributed by atoms with Crippen molar-refractivity contribution in [2.75, 3.05) is 0 Å². The molecule has 0 amide bonds. The lowest BCUT2D eigenvalue weighted by Crippen LogP contribution is -1.95. The van der Waals surface area contributed by atoms with Crippen LogP contribution in [0.1, 0.15) is 40.6 Å². The number of nitrogens with zero attached hydrogens (tertiary/aromatic N) is 3. The lowest BCUT2D eigenvalue weighted by molar-refractivity contribution is 0.108. The van der Waals surface area contributed by atoms with Crippen molar-refractivity contribution in [2.45, 2.75) is 25.7 Å². The fraction of sp³-hybridized carbons (Fsp3) is 0.222. The third kappa shape index (κ3) is 2.83. The van der Waals surface area contributed by atoms with Gasteiger partial charge in [-0.15, -0.1) is 0 Å². The molecule has 0 atom stereocenters. The van der Waals surface area contributed by atoms with E-state index in [2.05, 4.69) is 21.2 Å². The van der Waals surface area contributed by atoms with Gasteiger partial charge in [0, 0.05) is 24.2 Å². The fourth-order valence-corrected chi connectivity index (χ4v) is 2.86. The van der Waals surface area contributed by atoms with Gasteiger partial charge >= 0.3 is 0 Å². The minimum Gasteiger partial charge on any atom is -0.339 e. The van der Waals surface area contributed by atoms with Crippen molar-refractivity contribution in [3.63, 3.8) is 0 Å². The number of carbonyl (C=O) groups is 1. The van der Waals surface area contributed by atoms with Crippen LogP contribution in [0, 0.1) is 6.92 Å². The van der Waals surface area contributed by atoms with Gasteiger partial charge in [-0.1, -0.05) is 17.3 Å². The standard InChI is InChI=1S/C18H14ClN3O2/c1-10-21-18(22-24-10)12-4-6-14(15(8-12)11-2-3-11)16-7-5-13(9-20-16)17(19)23/h4-9,11H,2-3H2,1H3. The molecule has 4 rings (SSSR count). The molecule has 6 heteroatoms. The first-order valence-electron chi connectivity index (χ1n) is 7.72. The molecular weight excluding hydrogens is 326 g/mol. The van der Waals surface area contributed by atoms with Crippen LogP contribution in [-0.4, -0.2) is 20.4 Å². The molecule has 0 radical (unpaired) electrons. The summed E-state index contributed by atoms with van der Waals surface area (Å²) in [5.74, 6) is 1.67. The predicted molar refractivity (Wildman–Crippen MR) is 89.9 cm³/mol. The maximum absolute atomic E-state index is 11.2. The average Bonchev–Trinajstić information content (AvgIpc) is 3.35. The van der Waals surface area contributed by atoms with E-state index in [1.54, 1.807) is 13.0 Å². The number of aryl methyl sites for hydroxylation is 1. The molecule has 5 nitrogen and oxygen atoms in total. The van der Waals surface area contributed by atoms with Crippen molar-refractivity contribution in [1.29, 1.82) is 0 Å². The zero-order valence-corrected chi connectivity index (χ0v) is 13.7. The Hall–Kier alpha value is -2.53. The van der Waals surface area contributed by atoms with Crippen LogP contribution in [0.25, 0.3) is 22.6 Å². The molecule has 1 aliphatic rings. The van der Waals surface area contributed by atoms with Crippen molar-refractivity contribution in [2.24, 2.45) is 0 Å². The molecule has 3 aromatic rings. The first kappa shape index (κ1) is 15.0. The molecule has 0 saturated heterocycles. The third-order valence-corrected chi connectivity index (χ3v) is 4.34. The van der Waals surface area contributed by atoms with Crippen molar-refractivity contribution in [3.8, 4) is 22.6 Å². The zero-order chi connectivity index (χ0) is 16.7. The number of carbonyl (C=O) groups excluding carboxylic acids is 1. The maximum atomic E-state index is 11.2. The van der Waals surface area contributed by atoms with Gasteiger partial charge in [-0.3, -0.25) is 9.78 Å². The molecule has 1 aliphatic carbocycles. The Kier molecular flexibility index (Phi) is 3.65. The fourth-order valence-electron chi connectivity index (χ4n) is 2.75. The monoisotopic (exact) mass is 339 g/mol. The Morgan fingerprint density at radius 2 is 2.08 bits per heavy atom. The van der Waals surface area contributed by atoms with Crippen LogP contribution < -0.4 is 0 Å². The van der Waals surface area contributed by atoms with Crippen molar-refractivity contribution in [3.05, 3.63) is 53.5 Å². The van der Waals surface area contributed by atoms with E-state index < -0.39 is 5.24 Å². The maximum Gasteiger partial charge on any atom is 0.253 e. The first-order chi connectivity index (χ1) is 11.6. The van der Waals surface area contributed by atoms with Crippen LogP contribution in [-0.2, 0) is 0 Å². The van der Waals surface area contributed by atoms with Crippen molar-refractivity contribution in [1.82, 2.24) is 15.1 Å². The summed E-state index contributed by atoms with van der Waals surface area (Å²) in [6.07, 6.45) is 3.84. The quantitative estimate of drug-likeness (QED) is 0.660. The highest BCUT2D eigenvalue weighted by molar-refractivity contribution is 6.67. The average molecular weight is 340 g/mol. The van der Waals surface area contributed by atoms with Crippen LogP contribution in [0.2, 0.25) is 0 Å². The molecule has 0 aliphatic heterocycles. The summed E-state index contributed by atoms with van der Waals surface area (Å²) in [5.41, 5.74) is 4.45. The molecule has 24 heavy (non-hydrogen) atoms. The molecule has 0 bridgehead atoms. The van der Waals surface area contributed by atoms with Gasteiger partial charge in [0.1, 0.15) is 0 Å². The lowest BCUT2D eigenvalue weighted by atomic mass is 9.97. The molecule has 2 heterocycles. The van der Waals surface area contributed by atoms with Crippen LogP contribution in [0.4, 0.5) is 0 Å². The Bertz CT molecular complexity index is 914. The van der Waals surface area contributed by atoms with Crippen LogP contribution in [0.15, 0.2) is 41.1 Å². The van der Waals surface area contributed by atoms with E-state index in [4.69, 9.17) is 16.1 Å². The van der Waals surface area contributed by atoms with Gasteiger partial charge in [0.25, 0.3) is 5.24 Å². The summed E-state index contributed by atoms with van der Waals surface area (Å²) in [6, 6.07) is 9.63. The lowest BCUT2D eigenvalue weighted by Gasteiger charge is -2.10. The summed E-state index contributed by atoms with van der Waals surface area (Å²) in [7, 11) is 0. The van der Waals surface area contributed by atoms with Gasteiger partial charge in [0.05, 0.1) is 11.3 Å². The molecular formula is C18H14ClN3O2. The van der Waals surface area contributed by atoms with Crippen LogP contribution in [0.5, 0.6) is 0 Å². The Morgan fingerprint density at radius 3 is 2.67 bits per heavy atom. The van der Waals surface area contributed by atoms with Gasteiger partial charge in [0.2, 0.25) is 11.7 Å². The van der Waals surface area contributed by atoms with Gasteiger partial charge in [-0.2, -0.15) is 4.98 Å². The number of rotatable bonds is 4. The number of benzene rings is 1. The number of pyridine rings is 1. The summed E-state index contributed by atoms with van der Waals surface area (Å²) in [4.78, 5) is 19.9. The second kappa shape index (κ2) is 5.83. The first-order valence-corrected chi connectivity index (χ1v) is 8.10. The molecule has 0 spiro atoms. The summed E-state index contributed by atoms with van der Waals surface area (Å²) < 4.78 is 5.07. The Morgan fingerprint density at radius 1 is 1.25 bits per heavy atom. The van der Waals surface area contributed by atoms with E-state index in [-0.39, 0.29) is 0 Å². The molecule has 1 fully saturated rings. The summed E-state index contributed by atoms with van der Waals surface area (Å²) in [6.45, 7) is 1.77. The molecule has 1 saturated carbocycles. The normalized spacial score (nSPS) is 13.9. The van der Waals surface area contributed by atoms with Crippen LogP contribution in [0.3, 0.4) is 0 Å². The minimum absolute atomic E-state index is 0.396. The molecule has 0 unspecified atom stereocenters. The molecule has 1 aromatic carbocycles. The van der Waals surface area contributed by atoms with E-state index in [0.717, 1.165) is 16.8 Å². The second-order valence-electron chi connectivity index (χ2n) is 5.92. The van der Waals surface area contributed by atoms with Gasteiger partial charge in [-0.25, -0.2) is 0 Å². The highest BCUT2D eigenvalue weighted by Gasteiger charge is 2.27. The highest BCUT2D eigenvalue weighted by atomic mass is 35.5. The van der Waals surface area contributed by atoms with Gasteiger partial charge in [0.15, 0.2) is 0 Å². The van der Waals surface area contributed by atoms with E-state index in [0.29, 0.717) is 23.2 Å². The number of hydrogen-bond donors (Lipinski definition) is 0. The van der Waals surface area contributed by atoms with E-state index in [9.17, 15) is 4.79 Å².